The van der Waals surface area contributed by atoms with E-state index in [2.05, 4.69) is 15.5 Å². The number of H-pyrrole nitrogens is 1. The Morgan fingerprint density at radius 1 is 1.15 bits per heavy atom. The Hall–Kier alpha value is -2.67. The van der Waals surface area contributed by atoms with Gasteiger partial charge in [0.1, 0.15) is 0 Å². The molecule has 1 heterocycles. The summed E-state index contributed by atoms with van der Waals surface area (Å²) < 4.78 is 0. The van der Waals surface area contributed by atoms with Gasteiger partial charge in [-0.15, -0.1) is 0 Å². The van der Waals surface area contributed by atoms with E-state index in [0.29, 0.717) is 12.2 Å². The fourth-order valence-electron chi connectivity index (χ4n) is 2.72. The lowest BCUT2D eigenvalue weighted by molar-refractivity contribution is -0.117. The van der Waals surface area contributed by atoms with Gasteiger partial charge in [-0.1, -0.05) is 0 Å². The summed E-state index contributed by atoms with van der Waals surface area (Å²) in [7, 11) is 3.64. The van der Waals surface area contributed by atoms with Crippen LogP contribution in [0.5, 0.6) is 0 Å². The molecule has 0 saturated heterocycles. The third-order valence-corrected chi connectivity index (χ3v) is 4.45. The van der Waals surface area contributed by atoms with Crippen LogP contribution < -0.4 is 10.2 Å². The summed E-state index contributed by atoms with van der Waals surface area (Å²) in [5.74, 6) is -0.104. The van der Waals surface area contributed by atoms with Crippen LogP contribution in [0.1, 0.15) is 23.9 Å². The maximum absolute atomic E-state index is 12.2. The van der Waals surface area contributed by atoms with E-state index in [9.17, 15) is 9.59 Å². The van der Waals surface area contributed by atoms with Crippen LogP contribution in [0, 0.1) is 13.8 Å². The predicted molar refractivity (Wildman–Crippen MR) is 103 cm³/mol. The molecule has 0 unspecified atom stereocenters. The molecule has 0 aliphatic heterocycles. The number of aromatic amines is 1. The van der Waals surface area contributed by atoms with Gasteiger partial charge < -0.3 is 10.2 Å². The Morgan fingerprint density at radius 2 is 1.81 bits per heavy atom. The van der Waals surface area contributed by atoms with E-state index in [1.54, 1.807) is 24.1 Å². The van der Waals surface area contributed by atoms with Crippen molar-refractivity contribution in [1.29, 1.82) is 0 Å². The summed E-state index contributed by atoms with van der Waals surface area (Å²) >= 11 is 0. The van der Waals surface area contributed by atoms with Crippen molar-refractivity contribution in [3.63, 3.8) is 0 Å². The fourth-order valence-corrected chi connectivity index (χ4v) is 2.72. The van der Waals surface area contributed by atoms with Gasteiger partial charge in [-0.25, -0.2) is 0 Å². The third kappa shape index (κ3) is 5.16. The average molecular weight is 357 g/mol. The van der Waals surface area contributed by atoms with E-state index in [-0.39, 0.29) is 11.8 Å². The lowest BCUT2D eigenvalue weighted by Crippen LogP contribution is -2.31. The second kappa shape index (κ2) is 8.62. The van der Waals surface area contributed by atoms with Crippen LogP contribution in [-0.2, 0) is 16.0 Å². The second-order valence-electron chi connectivity index (χ2n) is 6.57. The van der Waals surface area contributed by atoms with Gasteiger partial charge in [0.05, 0.1) is 12.2 Å². The van der Waals surface area contributed by atoms with Gasteiger partial charge in [-0.2, -0.15) is 5.10 Å². The van der Waals surface area contributed by atoms with E-state index >= 15 is 0 Å². The molecule has 7 nitrogen and oxygen atoms in total. The Bertz CT molecular complexity index is 747. The molecule has 1 aromatic carbocycles. The molecule has 7 heteroatoms. The highest BCUT2D eigenvalue weighted by molar-refractivity contribution is 5.93. The summed E-state index contributed by atoms with van der Waals surface area (Å²) in [5.41, 5.74) is 4.80. The minimum atomic E-state index is -0.0687. The molecule has 2 rings (SSSR count). The third-order valence-electron chi connectivity index (χ3n) is 4.45. The summed E-state index contributed by atoms with van der Waals surface area (Å²) in [6.07, 6.45) is 0.851. The summed E-state index contributed by atoms with van der Waals surface area (Å²) in [6, 6.07) is 7.21. The molecule has 0 atom stereocenters. The van der Waals surface area contributed by atoms with Crippen LogP contribution in [0.3, 0.4) is 0 Å². The Morgan fingerprint density at radius 3 is 2.35 bits per heavy atom. The number of nitrogens with zero attached hydrogens (tertiary/aromatic N) is 3. The number of aryl methyl sites for hydroxylation is 2. The molecule has 2 aromatic rings. The second-order valence-corrected chi connectivity index (χ2v) is 6.57. The Balaban J connectivity index is 1.83. The number of anilines is 2. The number of carbonyl (C=O) groups excluding carboxylic acids is 2. The molecule has 2 amide bonds. The molecule has 140 valence electrons. The standard InChI is InChI=1S/C19H27N5O2/c1-13-18(14(2)22-21-13)10-11-23(4)12-19(26)20-16-6-8-17(9-7-16)24(5)15(3)25/h6-9H,10-12H2,1-5H3,(H,20,26)(H,21,22). The van der Waals surface area contributed by atoms with E-state index < -0.39 is 0 Å². The number of rotatable bonds is 7. The van der Waals surface area contributed by atoms with Crippen molar-refractivity contribution in [2.75, 3.05) is 37.4 Å². The predicted octanol–water partition coefficient (Wildman–Crippen LogP) is 2.12. The maximum Gasteiger partial charge on any atom is 0.238 e. The molecule has 0 saturated carbocycles. The molecule has 26 heavy (non-hydrogen) atoms. The van der Waals surface area contributed by atoms with Crippen LogP contribution in [0.2, 0.25) is 0 Å². The van der Waals surface area contributed by atoms with Crippen LogP contribution in [0.15, 0.2) is 24.3 Å². The topological polar surface area (TPSA) is 81.3 Å². The van der Waals surface area contributed by atoms with Crippen LogP contribution in [-0.4, -0.2) is 54.1 Å². The number of likely N-dealkylation sites (N-methyl/N-ethyl adjacent to an activating group) is 1. The normalized spacial score (nSPS) is 10.8. The van der Waals surface area contributed by atoms with Gasteiger partial charge >= 0.3 is 0 Å². The van der Waals surface area contributed by atoms with Gasteiger partial charge in [0.25, 0.3) is 0 Å². The van der Waals surface area contributed by atoms with Crippen LogP contribution in [0.4, 0.5) is 11.4 Å². The molecule has 0 bridgehead atoms. The maximum atomic E-state index is 12.2. The lowest BCUT2D eigenvalue weighted by Gasteiger charge is -2.17. The zero-order chi connectivity index (χ0) is 19.3. The zero-order valence-corrected chi connectivity index (χ0v) is 16.1. The van der Waals surface area contributed by atoms with E-state index in [0.717, 1.165) is 30.0 Å². The minimum Gasteiger partial charge on any atom is -0.325 e. The number of amides is 2. The molecule has 0 fully saturated rings. The highest BCUT2D eigenvalue weighted by atomic mass is 16.2. The van der Waals surface area contributed by atoms with Crippen molar-refractivity contribution in [2.45, 2.75) is 27.2 Å². The lowest BCUT2D eigenvalue weighted by atomic mass is 10.1. The molecule has 1 aromatic heterocycles. The first-order valence-corrected chi connectivity index (χ1v) is 8.61. The fraction of sp³-hybridized carbons (Fsp3) is 0.421. The molecule has 0 spiro atoms. The van der Waals surface area contributed by atoms with Gasteiger partial charge in [0, 0.05) is 37.6 Å². The van der Waals surface area contributed by atoms with Gasteiger partial charge in [-0.05, 0) is 57.1 Å². The molecule has 0 aliphatic carbocycles. The van der Waals surface area contributed by atoms with Gasteiger partial charge in [0.15, 0.2) is 0 Å². The van der Waals surface area contributed by atoms with E-state index in [1.807, 2.05) is 37.9 Å². The molecule has 0 radical (unpaired) electrons. The first-order valence-electron chi connectivity index (χ1n) is 8.61. The quantitative estimate of drug-likeness (QED) is 0.795. The van der Waals surface area contributed by atoms with Crippen molar-refractivity contribution >= 4 is 23.2 Å². The van der Waals surface area contributed by atoms with Crippen LogP contribution >= 0.6 is 0 Å². The van der Waals surface area contributed by atoms with E-state index in [4.69, 9.17) is 0 Å². The van der Waals surface area contributed by atoms with Gasteiger partial charge in [-0.3, -0.25) is 19.6 Å². The largest absolute Gasteiger partial charge is 0.325 e. The Kier molecular flexibility index (Phi) is 6.52. The highest BCUT2D eigenvalue weighted by Gasteiger charge is 2.11. The number of hydrogen-bond acceptors (Lipinski definition) is 4. The summed E-state index contributed by atoms with van der Waals surface area (Å²) in [6.45, 7) is 6.59. The first kappa shape index (κ1) is 19.7. The molecular weight excluding hydrogens is 330 g/mol. The molecule has 2 N–H and O–H groups in total. The first-order chi connectivity index (χ1) is 12.3. The SMILES string of the molecule is CC(=O)N(C)c1ccc(NC(=O)CN(C)CCc2c(C)n[nH]c2C)cc1. The number of carbonyl (C=O) groups is 2. The van der Waals surface area contributed by atoms with Crippen molar-refractivity contribution in [3.05, 3.63) is 41.2 Å². The molecule has 0 aliphatic rings. The average Bonchev–Trinajstić information content (AvgIpc) is 2.91. The van der Waals surface area contributed by atoms with E-state index in [1.165, 1.54) is 12.5 Å². The van der Waals surface area contributed by atoms with Crippen molar-refractivity contribution < 1.29 is 9.59 Å². The summed E-state index contributed by atoms with van der Waals surface area (Å²) in [5, 5.41) is 10.1. The van der Waals surface area contributed by atoms with Crippen LogP contribution in [0.25, 0.3) is 0 Å². The number of aromatic nitrogens is 2. The minimum absolute atomic E-state index is 0.0356. The van der Waals surface area contributed by atoms with Crippen molar-refractivity contribution in [2.24, 2.45) is 0 Å². The van der Waals surface area contributed by atoms with Crippen molar-refractivity contribution in [3.8, 4) is 0 Å². The summed E-state index contributed by atoms with van der Waals surface area (Å²) in [4.78, 5) is 27.1. The number of hydrogen-bond donors (Lipinski definition) is 2. The smallest absolute Gasteiger partial charge is 0.238 e. The number of benzene rings is 1. The Labute approximate surface area is 154 Å². The molecular formula is C19H27N5O2. The monoisotopic (exact) mass is 357 g/mol. The van der Waals surface area contributed by atoms with Crippen molar-refractivity contribution in [1.82, 2.24) is 15.1 Å². The van der Waals surface area contributed by atoms with Gasteiger partial charge in [0.2, 0.25) is 11.8 Å². The zero-order valence-electron chi connectivity index (χ0n) is 16.1. The number of nitrogens with one attached hydrogen (secondary N) is 2. The highest BCUT2D eigenvalue weighted by Crippen LogP contribution is 2.17.